The molecular weight excluding hydrogens is 341 g/mol. The van der Waals surface area contributed by atoms with E-state index in [1.165, 1.54) is 23.5 Å². The second-order valence-corrected chi connectivity index (χ2v) is 6.62. The van der Waals surface area contributed by atoms with Crippen molar-refractivity contribution in [3.63, 3.8) is 0 Å². The van der Waals surface area contributed by atoms with Gasteiger partial charge in [0.15, 0.2) is 10.8 Å². The quantitative estimate of drug-likeness (QED) is 0.850. The molecule has 1 atom stereocenters. The molecule has 7 heteroatoms. The van der Waals surface area contributed by atoms with E-state index in [4.69, 9.17) is 9.73 Å². The second-order valence-electron chi connectivity index (χ2n) is 5.72. The highest BCUT2D eigenvalue weighted by Gasteiger charge is 2.41. The Morgan fingerprint density at radius 1 is 1.36 bits per heavy atom. The predicted octanol–water partition coefficient (Wildman–Crippen LogP) is 3.38. The van der Waals surface area contributed by atoms with Crippen LogP contribution in [0.3, 0.4) is 0 Å². The van der Waals surface area contributed by atoms with Gasteiger partial charge < -0.3 is 10.1 Å². The van der Waals surface area contributed by atoms with Crippen molar-refractivity contribution >= 4 is 23.1 Å². The van der Waals surface area contributed by atoms with Gasteiger partial charge in [-0.05, 0) is 38.5 Å². The number of esters is 1. The smallest absolute Gasteiger partial charge is 0.338 e. The fraction of sp³-hybridized carbons (Fsp3) is 0.278. The Hall–Kier alpha value is -2.54. The molecular formula is C18H18FN3O2S. The van der Waals surface area contributed by atoms with Gasteiger partial charge in [0.25, 0.3) is 0 Å². The number of nitrogens with one attached hydrogen (secondary N) is 1. The summed E-state index contributed by atoms with van der Waals surface area (Å²) in [4.78, 5) is 21.6. The van der Waals surface area contributed by atoms with Crippen LogP contribution in [-0.2, 0) is 15.1 Å². The lowest BCUT2D eigenvalue weighted by Crippen LogP contribution is -2.41. The van der Waals surface area contributed by atoms with Gasteiger partial charge in [0.1, 0.15) is 11.4 Å². The van der Waals surface area contributed by atoms with E-state index >= 15 is 0 Å². The van der Waals surface area contributed by atoms with Crippen LogP contribution < -0.4 is 5.32 Å². The van der Waals surface area contributed by atoms with E-state index < -0.39 is 11.5 Å². The molecule has 1 unspecified atom stereocenters. The van der Waals surface area contributed by atoms with E-state index in [-0.39, 0.29) is 12.4 Å². The van der Waals surface area contributed by atoms with Crippen LogP contribution in [0.5, 0.6) is 0 Å². The number of halogens is 1. The number of aromatic nitrogens is 1. The van der Waals surface area contributed by atoms with Crippen LogP contribution in [0.2, 0.25) is 0 Å². The van der Waals surface area contributed by atoms with Gasteiger partial charge in [0.2, 0.25) is 0 Å². The van der Waals surface area contributed by atoms with Crippen molar-refractivity contribution in [3.05, 3.63) is 63.5 Å². The summed E-state index contributed by atoms with van der Waals surface area (Å²) in [6, 6.07) is 5.99. The molecule has 0 bridgehead atoms. The molecule has 2 aromatic rings. The van der Waals surface area contributed by atoms with Crippen molar-refractivity contribution in [2.75, 3.05) is 6.61 Å². The minimum absolute atomic E-state index is 0.262. The van der Waals surface area contributed by atoms with E-state index in [0.717, 1.165) is 5.01 Å². The van der Waals surface area contributed by atoms with Gasteiger partial charge in [-0.3, -0.25) is 0 Å². The lowest BCUT2D eigenvalue weighted by Gasteiger charge is -2.34. The molecule has 1 aliphatic heterocycles. The third kappa shape index (κ3) is 3.19. The molecule has 0 saturated carbocycles. The highest BCUT2D eigenvalue weighted by atomic mass is 32.1. The second kappa shape index (κ2) is 6.76. The SMILES string of the molecule is CCOC(=O)C1=C(C)NC(c2nccs2)=NC1(C)c1ccc(F)cc1. The monoisotopic (exact) mass is 359 g/mol. The van der Waals surface area contributed by atoms with Crippen LogP contribution in [0, 0.1) is 5.82 Å². The van der Waals surface area contributed by atoms with Crippen molar-refractivity contribution in [2.24, 2.45) is 4.99 Å². The highest BCUT2D eigenvalue weighted by Crippen LogP contribution is 2.38. The number of nitrogens with zero attached hydrogens (tertiary/aromatic N) is 2. The Balaban J connectivity index is 2.16. The molecule has 25 heavy (non-hydrogen) atoms. The highest BCUT2D eigenvalue weighted by molar-refractivity contribution is 7.11. The van der Waals surface area contributed by atoms with Crippen LogP contribution >= 0.6 is 11.3 Å². The van der Waals surface area contributed by atoms with Gasteiger partial charge in [-0.2, -0.15) is 0 Å². The zero-order valence-corrected chi connectivity index (χ0v) is 15.0. The van der Waals surface area contributed by atoms with Crippen molar-refractivity contribution in [1.29, 1.82) is 0 Å². The van der Waals surface area contributed by atoms with Crippen molar-refractivity contribution < 1.29 is 13.9 Å². The first kappa shape index (κ1) is 17.3. The van der Waals surface area contributed by atoms with Crippen LogP contribution in [0.15, 0.2) is 52.1 Å². The number of ether oxygens (including phenoxy) is 1. The number of hydrogen-bond acceptors (Lipinski definition) is 6. The Bertz CT molecular complexity index is 844. The van der Waals surface area contributed by atoms with Crippen LogP contribution in [0.25, 0.3) is 0 Å². The summed E-state index contributed by atoms with van der Waals surface area (Å²) in [5.41, 5.74) is 0.745. The molecule has 0 spiro atoms. The maximum absolute atomic E-state index is 13.4. The van der Waals surface area contributed by atoms with Gasteiger partial charge in [-0.25, -0.2) is 19.2 Å². The first-order valence-electron chi connectivity index (χ1n) is 7.87. The topological polar surface area (TPSA) is 63.6 Å². The summed E-state index contributed by atoms with van der Waals surface area (Å²) in [6.07, 6.45) is 1.69. The van der Waals surface area contributed by atoms with E-state index in [0.29, 0.717) is 22.7 Å². The van der Waals surface area contributed by atoms with Crippen molar-refractivity contribution in [2.45, 2.75) is 26.3 Å². The Morgan fingerprint density at radius 2 is 2.08 bits per heavy atom. The Morgan fingerprint density at radius 3 is 2.68 bits per heavy atom. The molecule has 0 fully saturated rings. The molecule has 0 aliphatic carbocycles. The molecule has 130 valence electrons. The van der Waals surface area contributed by atoms with Crippen LogP contribution in [-0.4, -0.2) is 23.4 Å². The zero-order valence-electron chi connectivity index (χ0n) is 14.2. The van der Waals surface area contributed by atoms with Gasteiger partial charge in [0, 0.05) is 17.3 Å². The van der Waals surface area contributed by atoms with Gasteiger partial charge in [-0.1, -0.05) is 12.1 Å². The molecule has 3 rings (SSSR count). The average molecular weight is 359 g/mol. The molecule has 0 radical (unpaired) electrons. The number of aliphatic imine (C=N–C) groups is 1. The average Bonchev–Trinajstić information content (AvgIpc) is 3.09. The standard InChI is InChI=1S/C18H18FN3O2S/c1-4-24-17(23)14-11(2)21-15(16-20-9-10-25-16)22-18(14,3)12-5-7-13(19)8-6-12/h5-10H,4H2,1-3H3,(H,21,22). The van der Waals surface area contributed by atoms with Crippen LogP contribution in [0.1, 0.15) is 31.3 Å². The summed E-state index contributed by atoms with van der Waals surface area (Å²) >= 11 is 1.45. The summed E-state index contributed by atoms with van der Waals surface area (Å²) < 4.78 is 18.6. The van der Waals surface area contributed by atoms with E-state index in [1.54, 1.807) is 32.2 Å². The minimum Gasteiger partial charge on any atom is -0.463 e. The van der Waals surface area contributed by atoms with E-state index in [1.807, 2.05) is 12.3 Å². The predicted molar refractivity (Wildman–Crippen MR) is 94.9 cm³/mol. The zero-order chi connectivity index (χ0) is 18.0. The number of benzene rings is 1. The van der Waals surface area contributed by atoms with E-state index in [2.05, 4.69) is 10.3 Å². The Kier molecular flexibility index (Phi) is 4.67. The number of hydrogen-bond donors (Lipinski definition) is 1. The number of amidine groups is 1. The molecule has 0 amide bonds. The van der Waals surface area contributed by atoms with Crippen molar-refractivity contribution in [3.8, 4) is 0 Å². The normalized spacial score (nSPS) is 20.1. The molecule has 5 nitrogen and oxygen atoms in total. The summed E-state index contributed by atoms with van der Waals surface area (Å²) in [5.74, 6) is -0.211. The summed E-state index contributed by atoms with van der Waals surface area (Å²) in [5, 5.41) is 5.72. The largest absolute Gasteiger partial charge is 0.463 e. The fourth-order valence-electron chi connectivity index (χ4n) is 2.89. The molecule has 1 N–H and O–H groups in total. The van der Waals surface area contributed by atoms with E-state index in [9.17, 15) is 9.18 Å². The minimum atomic E-state index is -1.00. The first-order valence-corrected chi connectivity index (χ1v) is 8.75. The Labute approximate surface area is 149 Å². The first-order chi connectivity index (χ1) is 12.0. The molecule has 1 aromatic carbocycles. The number of carbonyl (C=O) groups is 1. The molecule has 1 aliphatic rings. The third-order valence-electron chi connectivity index (χ3n) is 4.02. The lowest BCUT2D eigenvalue weighted by molar-refractivity contribution is -0.139. The molecule has 1 aromatic heterocycles. The number of allylic oxidation sites excluding steroid dienone is 1. The van der Waals surface area contributed by atoms with Gasteiger partial charge in [0.05, 0.1) is 12.2 Å². The third-order valence-corrected chi connectivity index (χ3v) is 4.80. The van der Waals surface area contributed by atoms with Crippen molar-refractivity contribution in [1.82, 2.24) is 10.3 Å². The lowest BCUT2D eigenvalue weighted by atomic mass is 9.82. The maximum Gasteiger partial charge on any atom is 0.338 e. The summed E-state index contributed by atoms with van der Waals surface area (Å²) in [6.45, 7) is 5.64. The van der Waals surface area contributed by atoms with Gasteiger partial charge >= 0.3 is 5.97 Å². The number of thiazole rings is 1. The number of rotatable bonds is 4. The summed E-state index contributed by atoms with van der Waals surface area (Å²) in [7, 11) is 0. The van der Waals surface area contributed by atoms with Crippen LogP contribution in [0.4, 0.5) is 4.39 Å². The number of carbonyl (C=O) groups excluding carboxylic acids is 1. The van der Waals surface area contributed by atoms with Gasteiger partial charge in [-0.15, -0.1) is 11.3 Å². The molecule has 2 heterocycles. The fourth-order valence-corrected chi connectivity index (χ4v) is 3.47. The maximum atomic E-state index is 13.4. The molecule has 0 saturated heterocycles.